The maximum Gasteiger partial charge on any atom is 0.264 e. The van der Waals surface area contributed by atoms with Crippen molar-refractivity contribution in [3.8, 4) is 5.75 Å². The summed E-state index contributed by atoms with van der Waals surface area (Å²) in [5.74, 6) is 0.0970. The Kier molecular flexibility index (Phi) is 10.6. The van der Waals surface area contributed by atoms with Gasteiger partial charge in [-0.2, -0.15) is 0 Å². The van der Waals surface area contributed by atoms with Gasteiger partial charge in [0.2, 0.25) is 11.8 Å². The first-order valence-electron chi connectivity index (χ1n) is 13.7. The minimum Gasteiger partial charge on any atom is -0.497 e. The summed E-state index contributed by atoms with van der Waals surface area (Å²) in [6.07, 6.45) is 0. The zero-order valence-corrected chi connectivity index (χ0v) is 25.8. The first-order chi connectivity index (χ1) is 19.3. The minimum atomic E-state index is -4.12. The molecule has 220 valence electrons. The maximum atomic E-state index is 14.1. The van der Waals surface area contributed by atoms with Gasteiger partial charge in [0.1, 0.15) is 18.3 Å². The van der Waals surface area contributed by atoms with Crippen molar-refractivity contribution in [1.29, 1.82) is 0 Å². The van der Waals surface area contributed by atoms with Crippen LogP contribution in [0.3, 0.4) is 0 Å². The van der Waals surface area contributed by atoms with Gasteiger partial charge < -0.3 is 15.0 Å². The highest BCUT2D eigenvalue weighted by Crippen LogP contribution is 2.28. The molecule has 0 unspecified atom stereocenters. The Morgan fingerprint density at radius 2 is 1.49 bits per heavy atom. The van der Waals surface area contributed by atoms with Crippen LogP contribution in [0.4, 0.5) is 5.69 Å². The SMILES string of the molecule is COc1ccc(CN(C(=O)CN(c2ccc(C)cc2C)S(=O)(=O)c2ccc(C)cc2)[C@@H](C)C(=O)NCC(C)C)cc1. The third-order valence-electron chi connectivity index (χ3n) is 6.87. The lowest BCUT2D eigenvalue weighted by Crippen LogP contribution is -2.51. The highest BCUT2D eigenvalue weighted by molar-refractivity contribution is 7.92. The normalized spacial score (nSPS) is 12.1. The number of hydrogen-bond acceptors (Lipinski definition) is 5. The third-order valence-corrected chi connectivity index (χ3v) is 8.65. The van der Waals surface area contributed by atoms with Crippen LogP contribution in [0.1, 0.15) is 43.0 Å². The van der Waals surface area contributed by atoms with Crippen LogP contribution in [0, 0.1) is 26.7 Å². The number of methoxy groups -OCH3 is 1. The number of aryl methyl sites for hydroxylation is 3. The number of carbonyl (C=O) groups excluding carboxylic acids is 2. The standard InChI is InChI=1S/C32H41N3O5S/c1-22(2)19-33-32(37)26(6)34(20-27-11-13-28(40-7)14-12-27)31(36)21-35(30-17-10-24(4)18-25(30)5)41(38,39)29-15-8-23(3)9-16-29/h8-18,22,26H,19-21H2,1-7H3,(H,33,37)/t26-/m0/s1. The fraction of sp³-hybridized carbons (Fsp3) is 0.375. The van der Waals surface area contributed by atoms with Crippen molar-refractivity contribution in [3.05, 3.63) is 89.0 Å². The van der Waals surface area contributed by atoms with E-state index in [1.807, 2.05) is 58.9 Å². The molecule has 2 amide bonds. The summed E-state index contributed by atoms with van der Waals surface area (Å²) in [6.45, 7) is 11.4. The number of rotatable bonds is 12. The predicted octanol–water partition coefficient (Wildman–Crippen LogP) is 5.01. The van der Waals surface area contributed by atoms with E-state index < -0.39 is 28.5 Å². The first-order valence-corrected chi connectivity index (χ1v) is 15.1. The molecule has 3 aromatic carbocycles. The second-order valence-corrected chi connectivity index (χ2v) is 12.7. The molecule has 1 atom stereocenters. The average molecular weight is 580 g/mol. The van der Waals surface area contributed by atoms with Crippen molar-refractivity contribution in [2.24, 2.45) is 5.92 Å². The summed E-state index contributed by atoms with van der Waals surface area (Å²) in [4.78, 5) is 28.7. The van der Waals surface area contributed by atoms with E-state index in [1.54, 1.807) is 56.5 Å². The van der Waals surface area contributed by atoms with Gasteiger partial charge in [-0.05, 0) is 75.1 Å². The van der Waals surface area contributed by atoms with E-state index in [9.17, 15) is 18.0 Å². The number of ether oxygens (including phenoxy) is 1. The summed E-state index contributed by atoms with van der Waals surface area (Å²) in [5.41, 5.74) is 3.80. The molecule has 3 aromatic rings. The number of amides is 2. The number of benzene rings is 3. The minimum absolute atomic E-state index is 0.0836. The molecule has 0 heterocycles. The second kappa shape index (κ2) is 13.7. The number of nitrogens with one attached hydrogen (secondary N) is 1. The molecule has 0 aliphatic carbocycles. The van der Waals surface area contributed by atoms with Crippen molar-refractivity contribution in [2.75, 3.05) is 24.5 Å². The van der Waals surface area contributed by atoms with E-state index in [0.29, 0.717) is 18.0 Å². The molecule has 0 aliphatic heterocycles. The van der Waals surface area contributed by atoms with Crippen molar-refractivity contribution < 1.29 is 22.7 Å². The molecule has 3 rings (SSSR count). The van der Waals surface area contributed by atoms with E-state index in [2.05, 4.69) is 5.32 Å². The van der Waals surface area contributed by atoms with Gasteiger partial charge in [-0.15, -0.1) is 0 Å². The fourth-order valence-electron chi connectivity index (χ4n) is 4.40. The van der Waals surface area contributed by atoms with Crippen molar-refractivity contribution >= 4 is 27.5 Å². The van der Waals surface area contributed by atoms with E-state index in [4.69, 9.17) is 4.74 Å². The summed E-state index contributed by atoms with van der Waals surface area (Å²) in [5, 5.41) is 2.90. The molecule has 0 bridgehead atoms. The van der Waals surface area contributed by atoms with Gasteiger partial charge in [0.25, 0.3) is 10.0 Å². The van der Waals surface area contributed by atoms with Crippen molar-refractivity contribution in [3.63, 3.8) is 0 Å². The zero-order valence-electron chi connectivity index (χ0n) is 25.0. The average Bonchev–Trinajstić information content (AvgIpc) is 2.93. The Bertz CT molecular complexity index is 1450. The van der Waals surface area contributed by atoms with Gasteiger partial charge in [0, 0.05) is 13.1 Å². The van der Waals surface area contributed by atoms with Gasteiger partial charge in [-0.25, -0.2) is 8.42 Å². The number of carbonyl (C=O) groups is 2. The van der Waals surface area contributed by atoms with E-state index in [1.165, 1.54) is 4.90 Å². The molecule has 0 fully saturated rings. The molecule has 9 heteroatoms. The summed E-state index contributed by atoms with van der Waals surface area (Å²) in [7, 11) is -2.54. The number of anilines is 1. The van der Waals surface area contributed by atoms with Gasteiger partial charge in [0.15, 0.2) is 0 Å². The van der Waals surface area contributed by atoms with Crippen LogP contribution in [-0.2, 0) is 26.2 Å². The summed E-state index contributed by atoms with van der Waals surface area (Å²) in [6, 6.07) is 18.3. The molecule has 0 spiro atoms. The highest BCUT2D eigenvalue weighted by atomic mass is 32.2. The largest absolute Gasteiger partial charge is 0.497 e. The summed E-state index contributed by atoms with van der Waals surface area (Å²) < 4.78 is 34.4. The van der Waals surface area contributed by atoms with Crippen LogP contribution in [0.15, 0.2) is 71.6 Å². The van der Waals surface area contributed by atoms with Crippen molar-refractivity contribution in [2.45, 2.75) is 59.0 Å². The molecule has 41 heavy (non-hydrogen) atoms. The number of nitrogens with zero attached hydrogens (tertiary/aromatic N) is 2. The Morgan fingerprint density at radius 1 is 0.878 bits per heavy atom. The van der Waals surface area contributed by atoms with Gasteiger partial charge in [0.05, 0.1) is 17.7 Å². The molecule has 0 saturated heterocycles. The molecular formula is C32H41N3O5S. The van der Waals surface area contributed by atoms with Gasteiger partial charge >= 0.3 is 0 Å². The Balaban J connectivity index is 2.04. The molecule has 8 nitrogen and oxygen atoms in total. The van der Waals surface area contributed by atoms with Crippen LogP contribution < -0.4 is 14.4 Å². The van der Waals surface area contributed by atoms with Gasteiger partial charge in [-0.3, -0.25) is 13.9 Å². The van der Waals surface area contributed by atoms with Crippen LogP contribution in [-0.4, -0.2) is 51.4 Å². The Hall–Kier alpha value is -3.85. The van der Waals surface area contributed by atoms with Crippen LogP contribution >= 0.6 is 0 Å². The first kappa shape index (κ1) is 31.7. The van der Waals surface area contributed by atoms with E-state index in [-0.39, 0.29) is 23.3 Å². The molecular weight excluding hydrogens is 538 g/mol. The number of sulfonamides is 1. The Morgan fingerprint density at radius 3 is 2.05 bits per heavy atom. The van der Waals surface area contributed by atoms with Crippen LogP contribution in [0.25, 0.3) is 0 Å². The quantitative estimate of drug-likeness (QED) is 0.326. The lowest BCUT2D eigenvalue weighted by molar-refractivity contribution is -0.139. The highest BCUT2D eigenvalue weighted by Gasteiger charge is 2.33. The topological polar surface area (TPSA) is 96.0 Å². The number of hydrogen-bond donors (Lipinski definition) is 1. The fourth-order valence-corrected chi connectivity index (χ4v) is 5.88. The molecule has 0 aliphatic rings. The molecule has 0 aromatic heterocycles. The molecule has 1 N–H and O–H groups in total. The smallest absolute Gasteiger partial charge is 0.264 e. The van der Waals surface area contributed by atoms with E-state index >= 15 is 0 Å². The lowest BCUT2D eigenvalue weighted by Gasteiger charge is -2.32. The zero-order chi connectivity index (χ0) is 30.3. The van der Waals surface area contributed by atoms with Crippen molar-refractivity contribution in [1.82, 2.24) is 10.2 Å². The van der Waals surface area contributed by atoms with E-state index in [0.717, 1.165) is 26.6 Å². The van der Waals surface area contributed by atoms with Crippen LogP contribution in [0.5, 0.6) is 5.75 Å². The van der Waals surface area contributed by atoms with Crippen LogP contribution in [0.2, 0.25) is 0 Å². The Labute approximate surface area is 244 Å². The monoisotopic (exact) mass is 579 g/mol. The lowest BCUT2D eigenvalue weighted by atomic mass is 10.1. The van der Waals surface area contributed by atoms with Gasteiger partial charge in [-0.1, -0.05) is 61.4 Å². The molecule has 0 saturated carbocycles. The second-order valence-electron chi connectivity index (χ2n) is 10.8. The predicted molar refractivity (Wildman–Crippen MR) is 162 cm³/mol. The third kappa shape index (κ3) is 8.10. The maximum absolute atomic E-state index is 14.1. The molecule has 0 radical (unpaired) electrons. The summed E-state index contributed by atoms with van der Waals surface area (Å²) >= 11 is 0.